The lowest BCUT2D eigenvalue weighted by Gasteiger charge is -2.22. The number of anilines is 1. The van der Waals surface area contributed by atoms with Crippen LogP contribution in [0.2, 0.25) is 0 Å². The SMILES string of the molecule is C=CCOC(=O)N1CCC(C(=O)OC)=Cc2cc(-c3ccc(OCCOCCCC)cc3)ccc21. The number of amides is 1. The van der Waals surface area contributed by atoms with Crippen LogP contribution in [0.15, 0.2) is 60.7 Å². The van der Waals surface area contributed by atoms with Crippen LogP contribution in [0.1, 0.15) is 31.7 Å². The molecule has 2 aromatic rings. The molecule has 0 fully saturated rings. The summed E-state index contributed by atoms with van der Waals surface area (Å²) >= 11 is 0. The van der Waals surface area contributed by atoms with Crippen molar-refractivity contribution < 1.29 is 28.5 Å². The largest absolute Gasteiger partial charge is 0.491 e. The van der Waals surface area contributed by atoms with Crippen molar-refractivity contribution in [1.29, 1.82) is 0 Å². The molecule has 35 heavy (non-hydrogen) atoms. The van der Waals surface area contributed by atoms with Crippen molar-refractivity contribution in [2.45, 2.75) is 26.2 Å². The van der Waals surface area contributed by atoms with Crippen molar-refractivity contribution in [3.8, 4) is 16.9 Å². The average Bonchev–Trinajstić information content (AvgIpc) is 3.08. The molecule has 186 valence electrons. The normalized spacial score (nSPS) is 12.7. The summed E-state index contributed by atoms with van der Waals surface area (Å²) in [6.07, 6.45) is 5.33. The molecule has 0 N–H and O–H groups in total. The average molecular weight is 480 g/mol. The molecule has 7 heteroatoms. The van der Waals surface area contributed by atoms with Crippen LogP contribution in [-0.2, 0) is 19.0 Å². The van der Waals surface area contributed by atoms with E-state index in [-0.39, 0.29) is 6.61 Å². The Morgan fingerprint density at radius 3 is 2.54 bits per heavy atom. The predicted molar refractivity (Wildman–Crippen MR) is 137 cm³/mol. The lowest BCUT2D eigenvalue weighted by molar-refractivity contribution is -0.136. The van der Waals surface area contributed by atoms with E-state index in [0.29, 0.717) is 37.4 Å². The number of carbonyl (C=O) groups is 2. The topological polar surface area (TPSA) is 74.3 Å². The number of methoxy groups -OCH3 is 1. The van der Waals surface area contributed by atoms with Gasteiger partial charge in [0.25, 0.3) is 0 Å². The molecule has 0 saturated heterocycles. The van der Waals surface area contributed by atoms with Gasteiger partial charge in [-0.25, -0.2) is 9.59 Å². The molecule has 1 amide bonds. The molecule has 0 bridgehead atoms. The van der Waals surface area contributed by atoms with E-state index >= 15 is 0 Å². The number of hydrogen-bond acceptors (Lipinski definition) is 6. The third kappa shape index (κ3) is 7.20. The summed E-state index contributed by atoms with van der Waals surface area (Å²) in [4.78, 5) is 26.5. The second kappa shape index (κ2) is 13.3. The lowest BCUT2D eigenvalue weighted by Crippen LogP contribution is -2.33. The molecule has 0 unspecified atom stereocenters. The Morgan fingerprint density at radius 2 is 1.83 bits per heavy atom. The molecule has 1 aliphatic heterocycles. The number of unbranched alkanes of at least 4 members (excludes halogenated alkanes) is 1. The van der Waals surface area contributed by atoms with E-state index in [9.17, 15) is 9.59 Å². The Hall–Kier alpha value is -3.58. The second-order valence-electron chi connectivity index (χ2n) is 8.04. The van der Waals surface area contributed by atoms with E-state index in [4.69, 9.17) is 18.9 Å². The molecule has 1 aliphatic rings. The van der Waals surface area contributed by atoms with Gasteiger partial charge in [0, 0.05) is 18.7 Å². The molecule has 0 saturated carbocycles. The van der Waals surface area contributed by atoms with E-state index in [1.807, 2.05) is 42.5 Å². The molecule has 0 spiro atoms. The summed E-state index contributed by atoms with van der Waals surface area (Å²) in [6, 6.07) is 13.6. The highest BCUT2D eigenvalue weighted by Crippen LogP contribution is 2.33. The highest BCUT2D eigenvalue weighted by atomic mass is 16.6. The maximum Gasteiger partial charge on any atom is 0.414 e. The summed E-state index contributed by atoms with van der Waals surface area (Å²) in [5, 5.41) is 0. The van der Waals surface area contributed by atoms with Gasteiger partial charge in [0.05, 0.1) is 19.4 Å². The van der Waals surface area contributed by atoms with Gasteiger partial charge >= 0.3 is 12.1 Å². The Morgan fingerprint density at radius 1 is 1.06 bits per heavy atom. The minimum absolute atomic E-state index is 0.110. The first-order valence-electron chi connectivity index (χ1n) is 11.9. The minimum atomic E-state index is -0.487. The molecule has 0 radical (unpaired) electrons. The van der Waals surface area contributed by atoms with Crippen molar-refractivity contribution in [1.82, 2.24) is 0 Å². The zero-order chi connectivity index (χ0) is 25.0. The molecule has 0 aliphatic carbocycles. The molecule has 0 atom stereocenters. The number of nitrogens with zero attached hydrogens (tertiary/aromatic N) is 1. The number of fused-ring (bicyclic) bond motifs is 1. The van der Waals surface area contributed by atoms with E-state index in [2.05, 4.69) is 13.5 Å². The third-order valence-corrected chi connectivity index (χ3v) is 5.57. The smallest absolute Gasteiger partial charge is 0.414 e. The Kier molecular flexibility index (Phi) is 9.93. The second-order valence-corrected chi connectivity index (χ2v) is 8.04. The number of benzene rings is 2. The van der Waals surface area contributed by atoms with Gasteiger partial charge in [-0.1, -0.05) is 44.2 Å². The first-order chi connectivity index (χ1) is 17.1. The standard InChI is InChI=1S/C28H33NO6/c1-4-6-16-33-17-18-34-25-10-7-21(8-11-25)22-9-12-26-24(19-22)20-23(27(30)32-3)13-14-29(26)28(31)35-15-5-2/h5,7-12,19-20H,2,4,6,13-18H2,1,3H3. The zero-order valence-corrected chi connectivity index (χ0v) is 20.5. The fourth-order valence-corrected chi connectivity index (χ4v) is 3.71. The van der Waals surface area contributed by atoms with Gasteiger partial charge in [-0.3, -0.25) is 4.90 Å². The van der Waals surface area contributed by atoms with Gasteiger partial charge in [0.2, 0.25) is 0 Å². The number of carbonyl (C=O) groups excluding carboxylic acids is 2. The van der Waals surface area contributed by atoms with Crippen molar-refractivity contribution in [2.75, 3.05) is 45.0 Å². The zero-order valence-electron chi connectivity index (χ0n) is 20.5. The highest BCUT2D eigenvalue weighted by Gasteiger charge is 2.25. The van der Waals surface area contributed by atoms with Crippen LogP contribution in [0.4, 0.5) is 10.5 Å². The number of rotatable bonds is 11. The van der Waals surface area contributed by atoms with Gasteiger partial charge in [-0.2, -0.15) is 0 Å². The molecule has 1 heterocycles. The van der Waals surface area contributed by atoms with Gasteiger partial charge in [0.15, 0.2) is 0 Å². The predicted octanol–water partition coefficient (Wildman–Crippen LogP) is 5.64. The van der Waals surface area contributed by atoms with Gasteiger partial charge in [-0.05, 0) is 59.9 Å². The highest BCUT2D eigenvalue weighted by molar-refractivity contribution is 5.99. The fraction of sp³-hybridized carbons (Fsp3) is 0.357. The van der Waals surface area contributed by atoms with Crippen LogP contribution in [0.3, 0.4) is 0 Å². The fourth-order valence-electron chi connectivity index (χ4n) is 3.71. The summed E-state index contributed by atoms with van der Waals surface area (Å²) in [5.41, 5.74) is 3.83. The molecular formula is C28H33NO6. The van der Waals surface area contributed by atoms with Crippen molar-refractivity contribution in [3.63, 3.8) is 0 Å². The van der Waals surface area contributed by atoms with Crippen LogP contribution in [0, 0.1) is 0 Å². The first-order valence-corrected chi connectivity index (χ1v) is 11.9. The van der Waals surface area contributed by atoms with Crippen LogP contribution >= 0.6 is 0 Å². The van der Waals surface area contributed by atoms with E-state index in [1.54, 1.807) is 6.08 Å². The van der Waals surface area contributed by atoms with Crippen LogP contribution in [0.25, 0.3) is 17.2 Å². The third-order valence-electron chi connectivity index (χ3n) is 5.57. The van der Waals surface area contributed by atoms with Crippen LogP contribution in [-0.4, -0.2) is 52.1 Å². The van der Waals surface area contributed by atoms with Crippen molar-refractivity contribution in [3.05, 3.63) is 66.3 Å². The molecule has 7 nitrogen and oxygen atoms in total. The Labute approximate surface area is 206 Å². The molecule has 2 aromatic carbocycles. The number of ether oxygens (including phenoxy) is 4. The molecular weight excluding hydrogens is 446 g/mol. The number of esters is 1. The van der Waals surface area contributed by atoms with E-state index < -0.39 is 12.1 Å². The first kappa shape index (κ1) is 26.0. The van der Waals surface area contributed by atoms with Crippen LogP contribution in [0.5, 0.6) is 5.75 Å². The van der Waals surface area contributed by atoms with E-state index in [0.717, 1.165) is 41.9 Å². The monoisotopic (exact) mass is 479 g/mol. The van der Waals surface area contributed by atoms with Gasteiger partial charge in [-0.15, -0.1) is 0 Å². The molecule has 3 rings (SSSR count). The van der Waals surface area contributed by atoms with Gasteiger partial charge in [0.1, 0.15) is 19.0 Å². The van der Waals surface area contributed by atoms with Gasteiger partial charge < -0.3 is 18.9 Å². The van der Waals surface area contributed by atoms with E-state index in [1.165, 1.54) is 18.1 Å². The Balaban J connectivity index is 1.79. The van der Waals surface area contributed by atoms with Crippen LogP contribution < -0.4 is 9.64 Å². The summed E-state index contributed by atoms with van der Waals surface area (Å²) in [6.45, 7) is 7.95. The lowest BCUT2D eigenvalue weighted by atomic mass is 10.0. The maximum atomic E-state index is 12.7. The summed E-state index contributed by atoms with van der Waals surface area (Å²) in [7, 11) is 1.35. The maximum absolute atomic E-state index is 12.7. The van der Waals surface area contributed by atoms with Crippen molar-refractivity contribution >= 4 is 23.8 Å². The quantitative estimate of drug-likeness (QED) is 0.236. The number of hydrogen-bond donors (Lipinski definition) is 0. The Bertz CT molecular complexity index is 1040. The minimum Gasteiger partial charge on any atom is -0.491 e. The summed E-state index contributed by atoms with van der Waals surface area (Å²) in [5.74, 6) is 0.356. The molecule has 0 aromatic heterocycles. The van der Waals surface area contributed by atoms with Crippen molar-refractivity contribution in [2.24, 2.45) is 0 Å². The summed E-state index contributed by atoms with van der Waals surface area (Å²) < 4.78 is 21.5.